The van der Waals surface area contributed by atoms with Crippen LogP contribution in [0.5, 0.6) is 5.75 Å². The summed E-state index contributed by atoms with van der Waals surface area (Å²) in [5, 5.41) is 8.31. The van der Waals surface area contributed by atoms with Gasteiger partial charge in [-0.15, -0.1) is 0 Å². The highest BCUT2D eigenvalue weighted by molar-refractivity contribution is 6.31. The lowest BCUT2D eigenvalue weighted by atomic mass is 9.93. The number of benzene rings is 2. The fraction of sp³-hybridized carbons (Fsp3) is 0.409. The van der Waals surface area contributed by atoms with E-state index in [0.717, 1.165) is 42.7 Å². The summed E-state index contributed by atoms with van der Waals surface area (Å²) in [4.78, 5) is 9.95. The quantitative estimate of drug-likeness (QED) is 0.679. The van der Waals surface area contributed by atoms with Gasteiger partial charge >= 0.3 is 0 Å². The van der Waals surface area contributed by atoms with Crippen LogP contribution in [0.1, 0.15) is 37.4 Å². The van der Waals surface area contributed by atoms with Crippen LogP contribution in [0.3, 0.4) is 0 Å². The Balaban J connectivity index is 1.55. The number of anilines is 2. The number of halogens is 2. The molecule has 1 unspecified atom stereocenters. The van der Waals surface area contributed by atoms with E-state index < -0.39 is 5.82 Å². The Bertz CT molecular complexity index is 918. The minimum absolute atomic E-state index is 0.0628. The number of hydrogen-bond donors (Lipinski definition) is 2. The van der Waals surface area contributed by atoms with E-state index in [4.69, 9.17) is 21.2 Å². The average Bonchev–Trinajstić information content (AvgIpc) is 2.77. The van der Waals surface area contributed by atoms with Crippen molar-refractivity contribution in [2.24, 2.45) is 4.99 Å². The molecule has 160 valence electrons. The van der Waals surface area contributed by atoms with Crippen molar-refractivity contribution in [3.63, 3.8) is 0 Å². The molecule has 1 atom stereocenters. The van der Waals surface area contributed by atoms with Gasteiger partial charge in [-0.25, -0.2) is 14.4 Å². The molecule has 0 aromatic heterocycles. The minimum Gasteiger partial charge on any atom is -0.490 e. The van der Waals surface area contributed by atoms with Crippen LogP contribution in [0.15, 0.2) is 41.4 Å². The zero-order valence-corrected chi connectivity index (χ0v) is 17.8. The molecule has 0 amide bonds. The van der Waals surface area contributed by atoms with Gasteiger partial charge < -0.3 is 15.4 Å². The van der Waals surface area contributed by atoms with Crippen LogP contribution in [0, 0.1) is 5.82 Å². The molecule has 0 bridgehead atoms. The van der Waals surface area contributed by atoms with Gasteiger partial charge in [0.2, 0.25) is 0 Å². The largest absolute Gasteiger partial charge is 0.490 e. The van der Waals surface area contributed by atoms with Gasteiger partial charge in [-0.2, -0.15) is 0 Å². The summed E-state index contributed by atoms with van der Waals surface area (Å²) in [5.41, 5.74) is 2.45. The standard InChI is InChI=1S/C22H26ClFN4O2/c1-25-14-3-6-16(7-4-14)30-17-8-10-21-18(12-17)22(26-13-28(21)29-2)27-15-5-9-20(24)19(23)11-15/h5,8-14,16,22,25,27H,3-4,6-7H2,1-2H3. The van der Waals surface area contributed by atoms with Crippen LogP contribution < -0.4 is 20.4 Å². The van der Waals surface area contributed by atoms with Crippen molar-refractivity contribution in [3.8, 4) is 5.75 Å². The Morgan fingerprint density at radius 1 is 1.13 bits per heavy atom. The van der Waals surface area contributed by atoms with Gasteiger partial charge in [0.15, 0.2) is 0 Å². The Morgan fingerprint density at radius 2 is 1.93 bits per heavy atom. The topological polar surface area (TPSA) is 58.1 Å². The van der Waals surface area contributed by atoms with Gasteiger partial charge in [-0.05, 0) is 69.1 Å². The van der Waals surface area contributed by atoms with E-state index in [1.54, 1.807) is 30.6 Å². The number of nitrogens with zero attached hydrogens (tertiary/aromatic N) is 2. The molecule has 2 aromatic rings. The molecule has 4 rings (SSSR count). The van der Waals surface area contributed by atoms with Crippen molar-refractivity contribution in [3.05, 3.63) is 52.8 Å². The lowest BCUT2D eigenvalue weighted by Gasteiger charge is -2.31. The minimum atomic E-state index is -0.455. The van der Waals surface area contributed by atoms with Crippen molar-refractivity contribution < 1.29 is 14.0 Å². The van der Waals surface area contributed by atoms with Crippen LogP contribution in [-0.4, -0.2) is 32.6 Å². The van der Waals surface area contributed by atoms with Crippen LogP contribution in [0.2, 0.25) is 5.02 Å². The molecule has 6 nitrogen and oxygen atoms in total. The Labute approximate surface area is 181 Å². The fourth-order valence-electron chi connectivity index (χ4n) is 3.96. The zero-order chi connectivity index (χ0) is 21.1. The van der Waals surface area contributed by atoms with Crippen LogP contribution in [0.4, 0.5) is 15.8 Å². The molecule has 1 saturated carbocycles. The highest BCUT2D eigenvalue weighted by atomic mass is 35.5. The van der Waals surface area contributed by atoms with Gasteiger partial charge in [-0.3, -0.25) is 4.84 Å². The van der Waals surface area contributed by atoms with E-state index in [9.17, 15) is 4.39 Å². The van der Waals surface area contributed by atoms with Crippen LogP contribution in [0.25, 0.3) is 0 Å². The normalized spacial score (nSPS) is 23.2. The summed E-state index contributed by atoms with van der Waals surface area (Å²) in [6, 6.07) is 11.0. The molecule has 1 heterocycles. The number of hydroxylamine groups is 1. The molecule has 1 fully saturated rings. The average molecular weight is 433 g/mol. The molecular formula is C22H26ClFN4O2. The number of fused-ring (bicyclic) bond motifs is 1. The first-order valence-electron chi connectivity index (χ1n) is 10.1. The molecule has 30 heavy (non-hydrogen) atoms. The van der Waals surface area contributed by atoms with E-state index in [1.165, 1.54) is 6.07 Å². The molecule has 0 spiro atoms. The number of aliphatic imine (C=N–C) groups is 1. The van der Waals surface area contributed by atoms with Crippen molar-refractivity contribution in [2.45, 2.75) is 44.0 Å². The first kappa shape index (κ1) is 20.9. The third kappa shape index (κ3) is 4.53. The predicted octanol–water partition coefficient (Wildman–Crippen LogP) is 4.91. The van der Waals surface area contributed by atoms with Gasteiger partial charge in [0.25, 0.3) is 0 Å². The second kappa shape index (κ2) is 9.20. The molecule has 1 aliphatic carbocycles. The summed E-state index contributed by atoms with van der Waals surface area (Å²) >= 11 is 5.93. The van der Waals surface area contributed by atoms with Crippen molar-refractivity contribution >= 4 is 29.3 Å². The lowest BCUT2D eigenvalue weighted by Crippen LogP contribution is -2.34. The van der Waals surface area contributed by atoms with E-state index in [0.29, 0.717) is 11.7 Å². The van der Waals surface area contributed by atoms with Gasteiger partial charge in [0, 0.05) is 17.3 Å². The van der Waals surface area contributed by atoms with Crippen molar-refractivity contribution in [1.82, 2.24) is 5.32 Å². The maximum atomic E-state index is 13.5. The molecule has 0 radical (unpaired) electrons. The second-order valence-electron chi connectivity index (χ2n) is 7.55. The number of rotatable bonds is 6. The monoisotopic (exact) mass is 432 g/mol. The van der Waals surface area contributed by atoms with E-state index in [1.807, 2.05) is 25.2 Å². The van der Waals surface area contributed by atoms with E-state index in [2.05, 4.69) is 15.6 Å². The predicted molar refractivity (Wildman–Crippen MR) is 118 cm³/mol. The summed E-state index contributed by atoms with van der Waals surface area (Å²) < 4.78 is 19.8. The van der Waals surface area contributed by atoms with Gasteiger partial charge in [0.1, 0.15) is 24.1 Å². The van der Waals surface area contributed by atoms with Crippen molar-refractivity contribution in [2.75, 3.05) is 24.5 Å². The third-order valence-electron chi connectivity index (χ3n) is 5.66. The zero-order valence-electron chi connectivity index (χ0n) is 17.1. The SMILES string of the molecule is CNC1CCC(Oc2ccc3c(c2)C(Nc2ccc(F)c(Cl)c2)N=CN3OC)CC1. The smallest absolute Gasteiger partial charge is 0.148 e. The first-order valence-corrected chi connectivity index (χ1v) is 10.5. The summed E-state index contributed by atoms with van der Waals surface area (Å²) in [5.74, 6) is 0.350. The molecule has 2 aromatic carbocycles. The fourth-order valence-corrected chi connectivity index (χ4v) is 4.14. The first-order chi connectivity index (χ1) is 14.6. The molecule has 8 heteroatoms. The van der Waals surface area contributed by atoms with Crippen LogP contribution >= 0.6 is 11.6 Å². The molecule has 2 N–H and O–H groups in total. The molecular weight excluding hydrogens is 407 g/mol. The van der Waals surface area contributed by atoms with E-state index >= 15 is 0 Å². The lowest BCUT2D eigenvalue weighted by molar-refractivity contribution is 0.141. The molecule has 0 saturated heterocycles. The Kier molecular flexibility index (Phi) is 6.41. The highest BCUT2D eigenvalue weighted by Crippen LogP contribution is 2.37. The number of ether oxygens (including phenoxy) is 1. The summed E-state index contributed by atoms with van der Waals surface area (Å²) in [6.07, 6.45) is 5.73. The Hall–Kier alpha value is -2.35. The molecule has 2 aliphatic rings. The highest BCUT2D eigenvalue weighted by Gasteiger charge is 2.25. The summed E-state index contributed by atoms with van der Waals surface area (Å²) in [7, 11) is 3.60. The number of nitrogens with one attached hydrogen (secondary N) is 2. The van der Waals surface area contributed by atoms with Crippen LogP contribution in [-0.2, 0) is 4.84 Å². The maximum Gasteiger partial charge on any atom is 0.148 e. The maximum absolute atomic E-state index is 13.5. The third-order valence-corrected chi connectivity index (χ3v) is 5.95. The Morgan fingerprint density at radius 3 is 2.63 bits per heavy atom. The second-order valence-corrected chi connectivity index (χ2v) is 7.96. The summed E-state index contributed by atoms with van der Waals surface area (Å²) in [6.45, 7) is 0. The molecule has 1 aliphatic heterocycles. The van der Waals surface area contributed by atoms with Gasteiger partial charge in [-0.1, -0.05) is 11.6 Å². The van der Waals surface area contributed by atoms with Crippen molar-refractivity contribution in [1.29, 1.82) is 0 Å². The number of hydrogen-bond acceptors (Lipinski definition) is 6. The van der Waals surface area contributed by atoms with E-state index in [-0.39, 0.29) is 17.3 Å². The van der Waals surface area contributed by atoms with Gasteiger partial charge in [0.05, 0.1) is 23.9 Å².